The summed E-state index contributed by atoms with van der Waals surface area (Å²) in [5.74, 6) is -10.1. The predicted molar refractivity (Wildman–Crippen MR) is 372 cm³/mol. The Kier molecular flexibility index (Phi) is 35.7. The zero-order valence-corrected chi connectivity index (χ0v) is 63.3. The molecular weight excluding hydrogens is 1240 g/mol. The first kappa shape index (κ1) is 87.2. The molecule has 0 aromatic rings. The van der Waals surface area contributed by atoms with Crippen LogP contribution >= 0.6 is 11.8 Å². The minimum absolute atomic E-state index is 0.0471. The van der Waals surface area contributed by atoms with Gasteiger partial charge in [-0.3, -0.25) is 52.7 Å². The molecule has 0 saturated carbocycles. The van der Waals surface area contributed by atoms with Crippen LogP contribution < -0.4 is 21.3 Å². The predicted octanol–water partition coefficient (Wildman–Crippen LogP) is 4.04. The monoisotopic (exact) mass is 1360 g/mol. The summed E-state index contributed by atoms with van der Waals surface area (Å²) in [5.41, 5.74) is -2.60. The molecule has 0 radical (unpaired) electrons. The summed E-state index contributed by atoms with van der Waals surface area (Å²) in [5, 5.41) is 45.2. The van der Waals surface area contributed by atoms with Crippen molar-refractivity contribution in [2.45, 2.75) is 267 Å². The summed E-state index contributed by atoms with van der Waals surface area (Å²) < 4.78 is 0. The van der Waals surface area contributed by atoms with Crippen LogP contribution in [0.2, 0.25) is 0 Å². The summed E-state index contributed by atoms with van der Waals surface area (Å²) in [6, 6.07) is -14.6. The van der Waals surface area contributed by atoms with Gasteiger partial charge in [0.05, 0.1) is 17.3 Å². The number of nitrogens with one attached hydrogen (secondary N) is 4. The molecule has 1 saturated heterocycles. The van der Waals surface area contributed by atoms with Crippen molar-refractivity contribution < 1.29 is 68.1 Å². The van der Waals surface area contributed by atoms with Crippen molar-refractivity contribution in [3.05, 3.63) is 12.2 Å². The Morgan fingerprint density at radius 3 is 1.38 bits per heavy atom. The number of nitrogens with zero attached hydrogens (tertiary/aromatic N) is 7. The number of amides is 11. The number of hydrogen-bond acceptors (Lipinski definition) is 15. The fourth-order valence-corrected chi connectivity index (χ4v) is 12.9. The number of likely N-dealkylation sites (N-methyl/N-ethyl adjacent to an activating group) is 7. The zero-order chi connectivity index (χ0) is 73.8. The van der Waals surface area contributed by atoms with Crippen LogP contribution in [0.3, 0.4) is 0 Å². The maximum absolute atomic E-state index is 15.4. The van der Waals surface area contributed by atoms with E-state index in [9.17, 15) is 39.3 Å². The number of hydrogen-bond donors (Lipinski definition) is 7. The quantitative estimate of drug-likeness (QED) is 0.0630. The van der Waals surface area contributed by atoms with Gasteiger partial charge in [0.25, 0.3) is 0 Å². The average Bonchev–Trinajstić information content (AvgIpc) is 0.816. The minimum Gasteiger partial charge on any atom is -0.390 e. The van der Waals surface area contributed by atoms with E-state index in [1.54, 1.807) is 74.5 Å². The topological polar surface area (TPSA) is 319 Å². The van der Waals surface area contributed by atoms with Crippen molar-refractivity contribution in [3.63, 3.8) is 0 Å². The van der Waals surface area contributed by atoms with Crippen LogP contribution in [0.15, 0.2) is 12.2 Å². The van der Waals surface area contributed by atoms with Crippen LogP contribution in [0.5, 0.6) is 0 Å². The van der Waals surface area contributed by atoms with Crippen LogP contribution in [0, 0.1) is 35.5 Å². The van der Waals surface area contributed by atoms with E-state index in [4.69, 9.17) is 0 Å². The van der Waals surface area contributed by atoms with Crippen molar-refractivity contribution in [2.75, 3.05) is 60.8 Å². The van der Waals surface area contributed by atoms with E-state index in [0.29, 0.717) is 18.6 Å². The number of carbonyl (C=O) groups excluding carboxylic acids is 11. The third-order valence-corrected chi connectivity index (χ3v) is 18.9. The van der Waals surface area contributed by atoms with Gasteiger partial charge in [0, 0.05) is 61.5 Å². The first-order chi connectivity index (χ1) is 43.6. The second-order valence-corrected chi connectivity index (χ2v) is 30.8. The summed E-state index contributed by atoms with van der Waals surface area (Å²) in [4.78, 5) is 172. The van der Waals surface area contributed by atoms with Gasteiger partial charge >= 0.3 is 0 Å². The van der Waals surface area contributed by atoms with Crippen molar-refractivity contribution in [1.29, 1.82) is 0 Å². The number of aliphatic hydroxyl groups is 3. The van der Waals surface area contributed by atoms with Crippen molar-refractivity contribution in [3.8, 4) is 0 Å². The molecule has 1 aliphatic heterocycles. The van der Waals surface area contributed by atoms with Crippen molar-refractivity contribution in [2.24, 2.45) is 35.5 Å². The lowest BCUT2D eigenvalue weighted by Gasteiger charge is -2.41. The number of aliphatic hydroxyl groups excluding tert-OH is 1. The lowest BCUT2D eigenvalue weighted by Crippen LogP contribution is -2.64. The highest BCUT2D eigenvalue weighted by atomic mass is 32.2. The van der Waals surface area contributed by atoms with E-state index in [1.165, 1.54) is 113 Å². The molecule has 0 unspecified atom stereocenters. The third kappa shape index (κ3) is 26.2. The first-order valence-electron chi connectivity index (χ1n) is 34.0. The highest BCUT2D eigenvalue weighted by molar-refractivity contribution is 7.99. The molecule has 1 rings (SSSR count). The smallest absolute Gasteiger partial charge is 0.246 e. The Morgan fingerprint density at radius 1 is 0.484 bits per heavy atom. The van der Waals surface area contributed by atoms with Gasteiger partial charge in [-0.25, -0.2) is 0 Å². The standard InChI is InChI=1S/C69H125N11O14S/c1-27-29-31-44(13)56(81)55-60(85)72-47(28-2)62(87)78(24)52(38-95-33-30-32-68(16,17)93)65(90)77(23)51(37-69(18,19)94)59(84)73-53(42(9)10)66(91)74(20)48(34-39(3)4)58(83)70-45(14)57(82)71-46(15)61(86)75(21)49(35-40(5)6)63(88)76(22)50(36-41(7)8)64(89)79(25)54(43(11)12)67(92)80(55)26/h27,29,39-56,81,93-94H,28,30-38H2,1-26H3,(H,70,83)(H,71,82)(H,72,85)(H,73,84)/b29-27+/t44-,45+,46-,47+,48+,49+,50+,51+,52-,53+,54+,55+,56-/m1/s1. The lowest BCUT2D eigenvalue weighted by atomic mass is 9.91. The molecule has 0 spiro atoms. The van der Waals surface area contributed by atoms with Gasteiger partial charge in [0.15, 0.2) is 0 Å². The normalized spacial score (nSPS) is 26.4. The second-order valence-electron chi connectivity index (χ2n) is 29.7. The van der Waals surface area contributed by atoms with Crippen LogP contribution in [0.1, 0.15) is 183 Å². The van der Waals surface area contributed by atoms with Gasteiger partial charge in [-0.2, -0.15) is 11.8 Å². The molecule has 0 aliphatic carbocycles. The zero-order valence-electron chi connectivity index (χ0n) is 62.5. The van der Waals surface area contributed by atoms with E-state index in [-0.39, 0.29) is 62.0 Å². The Hall–Kier alpha value is -5.86. The molecule has 0 bridgehead atoms. The number of allylic oxidation sites excluding steroid dienone is 2. The fraction of sp³-hybridized carbons (Fsp3) is 0.812. The van der Waals surface area contributed by atoms with E-state index in [1.807, 2.05) is 41.5 Å². The Balaban J connectivity index is 4.58. The maximum Gasteiger partial charge on any atom is 0.246 e. The molecule has 0 aromatic carbocycles. The molecule has 7 N–H and O–H groups in total. The fourth-order valence-electron chi connectivity index (χ4n) is 11.8. The Bertz CT molecular complexity index is 2610. The van der Waals surface area contributed by atoms with Gasteiger partial charge < -0.3 is 70.9 Å². The van der Waals surface area contributed by atoms with E-state index in [2.05, 4.69) is 21.3 Å². The van der Waals surface area contributed by atoms with Crippen LogP contribution in [0.25, 0.3) is 0 Å². The molecule has 1 heterocycles. The Labute approximate surface area is 573 Å². The van der Waals surface area contributed by atoms with E-state index >= 15 is 28.8 Å². The molecule has 1 fully saturated rings. The molecule has 546 valence electrons. The maximum atomic E-state index is 15.4. The summed E-state index contributed by atoms with van der Waals surface area (Å²) >= 11 is 1.31. The van der Waals surface area contributed by atoms with Crippen molar-refractivity contribution in [1.82, 2.24) is 55.6 Å². The number of carbonyl (C=O) groups is 11. The number of rotatable bonds is 21. The molecule has 11 amide bonds. The average molecular weight is 1360 g/mol. The van der Waals surface area contributed by atoms with Gasteiger partial charge in [0.2, 0.25) is 65.0 Å². The molecule has 26 heteroatoms. The SMILES string of the molecule is C/C=C/C[C@@H](C)[C@@H](O)[C@H]1C(=O)N[C@@H](CC)C(=O)N(C)[C@H](CSCCCC(C)(C)O)C(=O)N(C)[C@@H](CC(C)(C)O)C(=O)N[C@@H](C(C)C)C(=O)N(C)[C@@H](CC(C)C)C(=O)N[C@@H](C)C(=O)N[C@H](C)C(=O)N(C)[C@@H](CC(C)C)C(=O)N(C)[C@@H](CC(C)C)C(=O)N(C)[C@@H](C(C)C)C(=O)N1C. The van der Waals surface area contributed by atoms with Crippen LogP contribution in [-0.4, -0.2) is 259 Å². The summed E-state index contributed by atoms with van der Waals surface area (Å²) in [6.45, 7) is 32.1. The largest absolute Gasteiger partial charge is 0.390 e. The van der Waals surface area contributed by atoms with E-state index in [0.717, 1.165) is 9.80 Å². The van der Waals surface area contributed by atoms with Gasteiger partial charge in [-0.05, 0) is 135 Å². The lowest BCUT2D eigenvalue weighted by molar-refractivity contribution is -0.157. The van der Waals surface area contributed by atoms with Crippen molar-refractivity contribution >= 4 is 76.7 Å². The van der Waals surface area contributed by atoms with Gasteiger partial charge in [-0.15, -0.1) is 0 Å². The summed E-state index contributed by atoms with van der Waals surface area (Å²) in [7, 11) is 9.78. The molecule has 95 heavy (non-hydrogen) atoms. The molecule has 0 aromatic heterocycles. The van der Waals surface area contributed by atoms with Crippen LogP contribution in [0.4, 0.5) is 0 Å². The van der Waals surface area contributed by atoms with Gasteiger partial charge in [0.1, 0.15) is 66.5 Å². The third-order valence-electron chi connectivity index (χ3n) is 17.7. The highest BCUT2D eigenvalue weighted by Gasteiger charge is 2.47. The second kappa shape index (κ2) is 38.9. The number of thioether (sulfide) groups is 1. The molecule has 13 atom stereocenters. The van der Waals surface area contributed by atoms with Crippen LogP contribution in [-0.2, 0) is 52.7 Å². The highest BCUT2D eigenvalue weighted by Crippen LogP contribution is 2.27. The van der Waals surface area contributed by atoms with Gasteiger partial charge in [-0.1, -0.05) is 95.2 Å². The molecule has 25 nitrogen and oxygen atoms in total. The minimum atomic E-state index is -1.68. The summed E-state index contributed by atoms with van der Waals surface area (Å²) in [6.07, 6.45) is 3.17. The van der Waals surface area contributed by atoms with E-state index < -0.39 is 166 Å². The molecule has 1 aliphatic rings. The Morgan fingerprint density at radius 2 is 0.916 bits per heavy atom. The molecular formula is C69H125N11O14S. The first-order valence-corrected chi connectivity index (χ1v) is 35.2.